The van der Waals surface area contributed by atoms with Gasteiger partial charge in [-0.25, -0.2) is 0 Å². The quantitative estimate of drug-likeness (QED) is 0.173. The molecule has 0 spiro atoms. The van der Waals surface area contributed by atoms with E-state index in [4.69, 9.17) is 0 Å². The van der Waals surface area contributed by atoms with Crippen LogP contribution in [0.25, 0.3) is 16.7 Å². The molecule has 0 radical (unpaired) electrons. The van der Waals surface area contributed by atoms with Gasteiger partial charge in [-0.05, 0) is 34.1 Å². The first-order valence-corrected chi connectivity index (χ1v) is 11.0. The minimum absolute atomic E-state index is 0.0130. The first-order valence-electron chi connectivity index (χ1n) is 9.25. The molecule has 0 bridgehead atoms. The number of hydrogen-bond acceptors (Lipinski definition) is 7. The van der Waals surface area contributed by atoms with Crippen molar-refractivity contribution in [3.8, 4) is 0 Å². The van der Waals surface area contributed by atoms with Gasteiger partial charge in [0.05, 0.1) is 27.3 Å². The monoisotopic (exact) mass is 514 g/mol. The molecule has 1 N–H and O–H groups in total. The molecule has 0 saturated carbocycles. The van der Waals surface area contributed by atoms with E-state index in [0.29, 0.717) is 32.0 Å². The number of nitrogens with zero attached hydrogens (tertiary/aromatic N) is 5. The zero-order valence-corrected chi connectivity index (χ0v) is 18.8. The van der Waals surface area contributed by atoms with Gasteiger partial charge in [-0.1, -0.05) is 30.0 Å². The first kappa shape index (κ1) is 21.7. The number of rotatable bonds is 7. The number of fused-ring (bicyclic) bond motifs is 3. The predicted octanol–water partition coefficient (Wildman–Crippen LogP) is 3.63. The Kier molecular flexibility index (Phi) is 6.06. The van der Waals surface area contributed by atoms with Gasteiger partial charge in [0.25, 0.3) is 11.2 Å². The van der Waals surface area contributed by atoms with Crippen molar-refractivity contribution in [2.24, 2.45) is 0 Å². The van der Waals surface area contributed by atoms with Gasteiger partial charge in [-0.15, -0.1) is 16.8 Å². The Morgan fingerprint density at radius 1 is 1.28 bits per heavy atom. The molecule has 32 heavy (non-hydrogen) atoms. The summed E-state index contributed by atoms with van der Waals surface area (Å²) >= 11 is 4.39. The average Bonchev–Trinajstić information content (AvgIpc) is 3.20. The fraction of sp³-hybridized carbons (Fsp3) is 0.100. The van der Waals surface area contributed by atoms with Crippen molar-refractivity contribution in [3.63, 3.8) is 0 Å². The fourth-order valence-corrected chi connectivity index (χ4v) is 4.36. The van der Waals surface area contributed by atoms with Gasteiger partial charge in [-0.2, -0.15) is 0 Å². The molecular weight excluding hydrogens is 500 g/mol. The minimum Gasteiger partial charge on any atom is -0.324 e. The Labute approximate surface area is 193 Å². The minimum atomic E-state index is -0.515. The van der Waals surface area contributed by atoms with E-state index in [-0.39, 0.29) is 29.5 Å². The molecule has 1 amide bonds. The van der Waals surface area contributed by atoms with Crippen molar-refractivity contribution in [2.75, 3.05) is 11.1 Å². The lowest BCUT2D eigenvalue weighted by Crippen LogP contribution is -2.22. The Balaban J connectivity index is 1.61. The van der Waals surface area contributed by atoms with Gasteiger partial charge in [0.2, 0.25) is 11.7 Å². The lowest BCUT2D eigenvalue weighted by atomic mass is 10.2. The van der Waals surface area contributed by atoms with Gasteiger partial charge in [0, 0.05) is 23.2 Å². The van der Waals surface area contributed by atoms with Gasteiger partial charge >= 0.3 is 0 Å². The van der Waals surface area contributed by atoms with E-state index in [1.165, 1.54) is 22.8 Å². The number of allylic oxidation sites excluding steroid dienone is 1. The Bertz CT molecular complexity index is 1450. The largest absolute Gasteiger partial charge is 0.324 e. The summed E-state index contributed by atoms with van der Waals surface area (Å²) in [5.74, 6) is 0.0405. The Hall–Kier alpha value is -3.51. The van der Waals surface area contributed by atoms with Crippen LogP contribution in [0.2, 0.25) is 0 Å². The van der Waals surface area contributed by atoms with Crippen LogP contribution in [0.3, 0.4) is 0 Å². The molecule has 4 aromatic rings. The number of aromatic nitrogens is 4. The summed E-state index contributed by atoms with van der Waals surface area (Å²) in [5, 5.41) is 22.9. The van der Waals surface area contributed by atoms with Crippen molar-refractivity contribution < 1.29 is 9.72 Å². The highest BCUT2D eigenvalue weighted by atomic mass is 79.9. The summed E-state index contributed by atoms with van der Waals surface area (Å²) in [5.41, 5.74) is 0.769. The van der Waals surface area contributed by atoms with E-state index < -0.39 is 4.92 Å². The average molecular weight is 515 g/mol. The van der Waals surface area contributed by atoms with Crippen LogP contribution in [0, 0.1) is 10.1 Å². The molecule has 0 atom stereocenters. The SMILES string of the molecule is C=CCn1c(=O)c2ccccc2n2c(SCC(=O)Nc3ccc([N+](=O)[O-])cc3Br)nnc12. The number of nitro benzene ring substituents is 1. The summed E-state index contributed by atoms with van der Waals surface area (Å²) in [6, 6.07) is 11.2. The van der Waals surface area contributed by atoms with Crippen LogP contribution in [0.5, 0.6) is 0 Å². The van der Waals surface area contributed by atoms with E-state index in [9.17, 15) is 19.7 Å². The molecule has 2 heterocycles. The van der Waals surface area contributed by atoms with Crippen LogP contribution in [-0.4, -0.2) is 35.7 Å². The number of carbonyl (C=O) groups is 1. The van der Waals surface area contributed by atoms with E-state index >= 15 is 0 Å². The summed E-state index contributed by atoms with van der Waals surface area (Å²) in [6.45, 7) is 3.96. The summed E-state index contributed by atoms with van der Waals surface area (Å²) in [4.78, 5) is 35.7. The molecule has 10 nitrogen and oxygen atoms in total. The Morgan fingerprint density at radius 2 is 2.06 bits per heavy atom. The number of nitro groups is 1. The topological polar surface area (TPSA) is 124 Å². The molecule has 0 aliphatic heterocycles. The second kappa shape index (κ2) is 8.93. The van der Waals surface area contributed by atoms with E-state index in [0.717, 1.165) is 11.8 Å². The molecule has 0 unspecified atom stereocenters. The molecule has 0 fully saturated rings. The number of halogens is 1. The number of hydrogen-bond donors (Lipinski definition) is 1. The fourth-order valence-electron chi connectivity index (χ4n) is 3.16. The number of anilines is 1. The lowest BCUT2D eigenvalue weighted by Gasteiger charge is -2.10. The molecule has 4 rings (SSSR count). The molecule has 12 heteroatoms. The highest BCUT2D eigenvalue weighted by Gasteiger charge is 2.18. The standard InChI is InChI=1S/C20H15BrN6O4S/c1-2-9-25-18(29)13-5-3-4-6-16(13)26-19(25)23-24-20(26)32-11-17(28)22-15-8-7-12(27(30)31)10-14(15)21/h2-8,10H,1,9,11H2,(H,22,28). The van der Waals surface area contributed by atoms with Crippen LogP contribution in [-0.2, 0) is 11.3 Å². The maximum absolute atomic E-state index is 12.8. The lowest BCUT2D eigenvalue weighted by molar-refractivity contribution is -0.384. The van der Waals surface area contributed by atoms with Crippen molar-refractivity contribution in [1.29, 1.82) is 0 Å². The van der Waals surface area contributed by atoms with Crippen molar-refractivity contribution >= 4 is 61.7 Å². The van der Waals surface area contributed by atoms with Crippen LogP contribution < -0.4 is 10.9 Å². The number of para-hydroxylation sites is 1. The normalized spacial score (nSPS) is 11.0. The number of benzene rings is 2. The predicted molar refractivity (Wildman–Crippen MR) is 125 cm³/mol. The summed E-state index contributed by atoms with van der Waals surface area (Å²) in [7, 11) is 0. The highest BCUT2D eigenvalue weighted by molar-refractivity contribution is 9.10. The third-order valence-electron chi connectivity index (χ3n) is 4.56. The molecule has 162 valence electrons. The van der Waals surface area contributed by atoms with E-state index in [1.54, 1.807) is 28.7 Å². The summed E-state index contributed by atoms with van der Waals surface area (Å²) in [6.07, 6.45) is 1.60. The molecule has 0 saturated heterocycles. The maximum atomic E-state index is 12.8. The first-order chi connectivity index (χ1) is 15.4. The number of amides is 1. The molecule has 2 aromatic heterocycles. The van der Waals surface area contributed by atoms with Crippen molar-refractivity contribution in [1.82, 2.24) is 19.2 Å². The van der Waals surface area contributed by atoms with Crippen LogP contribution in [0.1, 0.15) is 0 Å². The number of thioether (sulfide) groups is 1. The van der Waals surface area contributed by atoms with E-state index in [2.05, 4.69) is 38.0 Å². The summed E-state index contributed by atoms with van der Waals surface area (Å²) < 4.78 is 3.61. The van der Waals surface area contributed by atoms with Crippen molar-refractivity contribution in [3.05, 3.63) is 80.1 Å². The number of non-ortho nitro benzene ring substituents is 1. The highest BCUT2D eigenvalue weighted by Crippen LogP contribution is 2.28. The maximum Gasteiger partial charge on any atom is 0.270 e. The molecule has 0 aliphatic rings. The smallest absolute Gasteiger partial charge is 0.270 e. The molecular formula is C20H15BrN6O4S. The van der Waals surface area contributed by atoms with E-state index in [1.807, 2.05) is 6.07 Å². The van der Waals surface area contributed by atoms with Gasteiger partial charge < -0.3 is 5.32 Å². The number of carbonyl (C=O) groups excluding carboxylic acids is 1. The molecule has 2 aromatic carbocycles. The van der Waals surface area contributed by atoms with Gasteiger partial charge in [0.1, 0.15) is 0 Å². The van der Waals surface area contributed by atoms with Crippen LogP contribution in [0.15, 0.2) is 69.5 Å². The van der Waals surface area contributed by atoms with Gasteiger partial charge in [-0.3, -0.25) is 28.7 Å². The van der Waals surface area contributed by atoms with Crippen molar-refractivity contribution in [2.45, 2.75) is 11.7 Å². The Morgan fingerprint density at radius 3 is 2.78 bits per heavy atom. The zero-order chi connectivity index (χ0) is 22.8. The second-order valence-corrected chi connectivity index (χ2v) is 8.39. The molecule has 0 aliphatic carbocycles. The third-order valence-corrected chi connectivity index (χ3v) is 6.14. The zero-order valence-electron chi connectivity index (χ0n) is 16.4. The van der Waals surface area contributed by atoms with Crippen LogP contribution >= 0.6 is 27.7 Å². The third kappa shape index (κ3) is 4.01. The second-order valence-electron chi connectivity index (χ2n) is 6.60. The number of nitrogens with one attached hydrogen (secondary N) is 1. The van der Waals surface area contributed by atoms with Gasteiger partial charge in [0.15, 0.2) is 5.16 Å². The van der Waals surface area contributed by atoms with Crippen LogP contribution in [0.4, 0.5) is 11.4 Å².